The quantitative estimate of drug-likeness (QED) is 0.225. The number of ether oxygens (including phenoxy) is 2. The Kier molecular flexibility index (Phi) is 9.52. The van der Waals surface area contributed by atoms with Crippen LogP contribution in [0, 0.1) is 0 Å². The molecular weight excluding hydrogens is 482 g/mol. The van der Waals surface area contributed by atoms with E-state index in [9.17, 15) is 9.59 Å². The van der Waals surface area contributed by atoms with Gasteiger partial charge in [-0.05, 0) is 65.9 Å². The average molecular weight is 512 g/mol. The molecule has 5 nitrogen and oxygen atoms in total. The predicted molar refractivity (Wildman–Crippen MR) is 147 cm³/mol. The molecule has 0 radical (unpaired) electrons. The van der Waals surface area contributed by atoms with Gasteiger partial charge in [-0.2, -0.15) is 0 Å². The Balaban J connectivity index is 1.41. The standard InChI is InChI=1S/C31H29NO4S/c1-37-28-18-14-25(15-19-28)31(34)32-29(22-35-21-24-8-4-2-5-9-24)30(33)20-23-12-16-27(17-13-23)36-26-10-6-3-7-11-26/h2-19,29H,20-22H2,1H3,(H,32,34). The summed E-state index contributed by atoms with van der Waals surface area (Å²) in [5.74, 6) is 1.00. The minimum Gasteiger partial charge on any atom is -0.457 e. The highest BCUT2D eigenvalue weighted by molar-refractivity contribution is 7.98. The molecule has 1 atom stereocenters. The molecule has 0 aromatic heterocycles. The molecule has 37 heavy (non-hydrogen) atoms. The molecule has 0 bridgehead atoms. The van der Waals surface area contributed by atoms with Gasteiger partial charge in [-0.3, -0.25) is 9.59 Å². The third-order valence-corrected chi connectivity index (χ3v) is 6.47. The monoisotopic (exact) mass is 511 g/mol. The van der Waals surface area contributed by atoms with Gasteiger partial charge < -0.3 is 14.8 Å². The van der Waals surface area contributed by atoms with E-state index in [2.05, 4.69) is 5.32 Å². The molecule has 6 heteroatoms. The molecule has 1 amide bonds. The highest BCUT2D eigenvalue weighted by Crippen LogP contribution is 2.21. The van der Waals surface area contributed by atoms with Gasteiger partial charge in [0.2, 0.25) is 0 Å². The zero-order chi connectivity index (χ0) is 25.9. The number of carbonyl (C=O) groups is 2. The van der Waals surface area contributed by atoms with E-state index in [-0.39, 0.29) is 24.7 Å². The van der Waals surface area contributed by atoms with Gasteiger partial charge in [0.1, 0.15) is 17.5 Å². The second kappa shape index (κ2) is 13.4. The zero-order valence-electron chi connectivity index (χ0n) is 20.6. The minimum atomic E-state index is -0.781. The SMILES string of the molecule is CSc1ccc(C(=O)NC(COCc2ccccc2)C(=O)Cc2ccc(Oc3ccccc3)cc2)cc1. The topological polar surface area (TPSA) is 64.6 Å². The average Bonchev–Trinajstić information content (AvgIpc) is 2.94. The second-order valence-electron chi connectivity index (χ2n) is 8.46. The maximum Gasteiger partial charge on any atom is 0.251 e. The number of hydrogen-bond acceptors (Lipinski definition) is 5. The van der Waals surface area contributed by atoms with Crippen molar-refractivity contribution in [3.05, 3.63) is 126 Å². The lowest BCUT2D eigenvalue weighted by molar-refractivity contribution is -0.121. The number of para-hydroxylation sites is 1. The molecule has 1 N–H and O–H groups in total. The second-order valence-corrected chi connectivity index (χ2v) is 9.34. The molecule has 4 rings (SSSR count). The summed E-state index contributed by atoms with van der Waals surface area (Å²) in [4.78, 5) is 27.3. The number of thioether (sulfide) groups is 1. The lowest BCUT2D eigenvalue weighted by Gasteiger charge is -2.18. The van der Waals surface area contributed by atoms with Gasteiger partial charge in [-0.1, -0.05) is 60.7 Å². The van der Waals surface area contributed by atoms with Crippen molar-refractivity contribution >= 4 is 23.5 Å². The van der Waals surface area contributed by atoms with Crippen LogP contribution in [0.4, 0.5) is 0 Å². The lowest BCUT2D eigenvalue weighted by Crippen LogP contribution is -2.44. The summed E-state index contributed by atoms with van der Waals surface area (Å²) in [6, 6.07) is 33.2. The Hall–Kier alpha value is -3.87. The number of hydrogen-bond donors (Lipinski definition) is 1. The number of ketones is 1. The maximum atomic E-state index is 13.3. The fourth-order valence-electron chi connectivity index (χ4n) is 3.69. The lowest BCUT2D eigenvalue weighted by atomic mass is 10.0. The van der Waals surface area contributed by atoms with Gasteiger partial charge in [0, 0.05) is 16.9 Å². The molecule has 0 saturated carbocycles. The van der Waals surface area contributed by atoms with Crippen LogP contribution in [0.2, 0.25) is 0 Å². The molecule has 0 aliphatic rings. The van der Waals surface area contributed by atoms with Crippen LogP contribution in [0.3, 0.4) is 0 Å². The molecular formula is C31H29NO4S. The summed E-state index contributed by atoms with van der Waals surface area (Å²) in [7, 11) is 0. The Morgan fingerprint density at radius 1 is 0.757 bits per heavy atom. The Morgan fingerprint density at radius 2 is 1.38 bits per heavy atom. The first-order chi connectivity index (χ1) is 18.1. The maximum absolute atomic E-state index is 13.3. The largest absolute Gasteiger partial charge is 0.457 e. The van der Waals surface area contributed by atoms with E-state index in [4.69, 9.17) is 9.47 Å². The van der Waals surface area contributed by atoms with Gasteiger partial charge >= 0.3 is 0 Å². The number of Topliss-reactive ketones (excluding diaryl/α,β-unsaturated/α-hetero) is 1. The van der Waals surface area contributed by atoms with Crippen molar-refractivity contribution in [3.8, 4) is 11.5 Å². The number of nitrogens with one attached hydrogen (secondary N) is 1. The van der Waals surface area contributed by atoms with E-state index in [1.807, 2.05) is 103 Å². The Morgan fingerprint density at radius 3 is 2.03 bits per heavy atom. The van der Waals surface area contributed by atoms with E-state index in [1.54, 1.807) is 23.9 Å². The fraction of sp³-hybridized carbons (Fsp3) is 0.161. The summed E-state index contributed by atoms with van der Waals surface area (Å²) in [6.07, 6.45) is 2.14. The summed E-state index contributed by atoms with van der Waals surface area (Å²) in [5, 5.41) is 2.88. The smallest absolute Gasteiger partial charge is 0.251 e. The molecule has 0 fully saturated rings. The van der Waals surface area contributed by atoms with Crippen molar-refractivity contribution in [1.82, 2.24) is 5.32 Å². The molecule has 4 aromatic rings. The van der Waals surface area contributed by atoms with Crippen molar-refractivity contribution in [2.75, 3.05) is 12.9 Å². The van der Waals surface area contributed by atoms with Gasteiger partial charge in [0.05, 0.1) is 13.2 Å². The van der Waals surface area contributed by atoms with Crippen molar-refractivity contribution in [3.63, 3.8) is 0 Å². The van der Waals surface area contributed by atoms with E-state index in [0.29, 0.717) is 17.9 Å². The van der Waals surface area contributed by atoms with E-state index in [1.165, 1.54) is 0 Å². The molecule has 1 unspecified atom stereocenters. The van der Waals surface area contributed by atoms with E-state index < -0.39 is 6.04 Å². The van der Waals surface area contributed by atoms with Crippen LogP contribution in [0.5, 0.6) is 11.5 Å². The number of amides is 1. The van der Waals surface area contributed by atoms with Crippen molar-refractivity contribution < 1.29 is 19.1 Å². The van der Waals surface area contributed by atoms with Crippen LogP contribution in [0.25, 0.3) is 0 Å². The Bertz CT molecular complexity index is 1280. The van der Waals surface area contributed by atoms with Crippen molar-refractivity contribution in [2.45, 2.75) is 24.0 Å². The third kappa shape index (κ3) is 8.07. The molecule has 188 valence electrons. The molecule has 0 heterocycles. The van der Waals surface area contributed by atoms with Crippen molar-refractivity contribution in [1.29, 1.82) is 0 Å². The van der Waals surface area contributed by atoms with Crippen molar-refractivity contribution in [2.24, 2.45) is 0 Å². The van der Waals surface area contributed by atoms with Crippen LogP contribution in [0.15, 0.2) is 114 Å². The first-order valence-corrected chi connectivity index (χ1v) is 13.2. The van der Waals surface area contributed by atoms with Gasteiger partial charge in [0.25, 0.3) is 5.91 Å². The molecule has 4 aromatic carbocycles. The normalized spacial score (nSPS) is 11.5. The third-order valence-electron chi connectivity index (χ3n) is 5.72. The zero-order valence-corrected chi connectivity index (χ0v) is 21.4. The highest BCUT2D eigenvalue weighted by Gasteiger charge is 2.22. The fourth-order valence-corrected chi connectivity index (χ4v) is 4.10. The van der Waals surface area contributed by atoms with Crippen LogP contribution in [-0.4, -0.2) is 30.6 Å². The summed E-state index contributed by atoms with van der Waals surface area (Å²) in [6.45, 7) is 0.437. The first kappa shape index (κ1) is 26.2. The van der Waals surface area contributed by atoms with Crippen LogP contribution in [0.1, 0.15) is 21.5 Å². The molecule has 0 aliphatic heterocycles. The number of carbonyl (C=O) groups excluding carboxylic acids is 2. The van der Waals surface area contributed by atoms with E-state index >= 15 is 0 Å². The van der Waals surface area contributed by atoms with Crippen LogP contribution >= 0.6 is 11.8 Å². The summed E-state index contributed by atoms with van der Waals surface area (Å²) in [5.41, 5.74) is 2.33. The summed E-state index contributed by atoms with van der Waals surface area (Å²) < 4.78 is 11.7. The summed E-state index contributed by atoms with van der Waals surface area (Å²) >= 11 is 1.60. The van der Waals surface area contributed by atoms with Crippen LogP contribution < -0.4 is 10.1 Å². The van der Waals surface area contributed by atoms with Gasteiger partial charge in [-0.25, -0.2) is 0 Å². The number of benzene rings is 4. The van der Waals surface area contributed by atoms with Gasteiger partial charge in [-0.15, -0.1) is 11.8 Å². The molecule has 0 spiro atoms. The first-order valence-electron chi connectivity index (χ1n) is 12.0. The van der Waals surface area contributed by atoms with Gasteiger partial charge in [0.15, 0.2) is 5.78 Å². The number of rotatable bonds is 12. The molecule has 0 saturated heterocycles. The highest BCUT2D eigenvalue weighted by atomic mass is 32.2. The minimum absolute atomic E-state index is 0.0809. The van der Waals surface area contributed by atoms with Crippen LogP contribution in [-0.2, 0) is 22.6 Å². The Labute approximate surface area is 221 Å². The van der Waals surface area contributed by atoms with E-state index in [0.717, 1.165) is 21.8 Å². The predicted octanol–water partition coefficient (Wildman–Crippen LogP) is 6.33. The molecule has 0 aliphatic carbocycles.